The highest BCUT2D eigenvalue weighted by Gasteiger charge is 2.55. The first-order chi connectivity index (χ1) is 11.5. The van der Waals surface area contributed by atoms with Crippen molar-refractivity contribution in [3.05, 3.63) is 6.33 Å². The minimum absolute atomic E-state index is 0.114. The molecule has 1 aliphatic carbocycles. The summed E-state index contributed by atoms with van der Waals surface area (Å²) < 4.78 is 14.0. The fourth-order valence-electron chi connectivity index (χ4n) is 3.50. The van der Waals surface area contributed by atoms with Crippen molar-refractivity contribution in [2.24, 2.45) is 11.3 Å². The number of rotatable bonds is 3. The standard InChI is InChI=1S/C14H22IN5O4S/c1-6-8(9(22)10(23)14(6,2)4-21)20-5-17-7-11(16)18-13(19-12(7)20)25(3,15)24/h5-6,8-10,21-23,25H,4H2,1-3H3,(H2,16,18,19)/t6-,8-,9-,10?,14+/m1/s1. The number of aliphatic hydroxyl groups is 3. The molecule has 1 unspecified atom stereocenters. The second-order valence-electron chi connectivity index (χ2n) is 6.93. The zero-order chi connectivity index (χ0) is 18.7. The number of nitrogens with two attached hydrogens (primary N) is 1. The number of thiol groups is 1. The van der Waals surface area contributed by atoms with Gasteiger partial charge in [-0.25, -0.2) is 15.0 Å². The van der Waals surface area contributed by atoms with Crippen LogP contribution in [0.25, 0.3) is 11.2 Å². The van der Waals surface area contributed by atoms with Crippen molar-refractivity contribution in [2.45, 2.75) is 37.3 Å². The smallest absolute Gasteiger partial charge is 0.206 e. The van der Waals surface area contributed by atoms with Crippen molar-refractivity contribution in [2.75, 3.05) is 18.6 Å². The Morgan fingerprint density at radius 3 is 2.60 bits per heavy atom. The molecule has 0 aromatic carbocycles. The lowest BCUT2D eigenvalue weighted by molar-refractivity contribution is -0.0470. The Balaban J connectivity index is 2.20. The van der Waals surface area contributed by atoms with Gasteiger partial charge in [0.05, 0.1) is 25.1 Å². The molecule has 2 heterocycles. The van der Waals surface area contributed by atoms with Gasteiger partial charge in [0.15, 0.2) is 11.5 Å². The molecule has 3 rings (SSSR count). The summed E-state index contributed by atoms with van der Waals surface area (Å²) in [7, 11) is -2.78. The van der Waals surface area contributed by atoms with Crippen LogP contribution >= 0.6 is 21.2 Å². The molecule has 0 bridgehead atoms. The predicted octanol–water partition coefficient (Wildman–Crippen LogP) is -0.325. The number of halogens is 1. The lowest BCUT2D eigenvalue weighted by Crippen LogP contribution is -2.38. The topological polar surface area (TPSA) is 147 Å². The summed E-state index contributed by atoms with van der Waals surface area (Å²) in [5.74, 6) is -0.157. The molecule has 1 fully saturated rings. The molecule has 0 radical (unpaired) electrons. The van der Waals surface area contributed by atoms with E-state index in [1.54, 1.807) is 32.7 Å². The third-order valence-electron chi connectivity index (χ3n) is 5.36. The van der Waals surface area contributed by atoms with E-state index in [1.165, 1.54) is 12.6 Å². The van der Waals surface area contributed by atoms with Gasteiger partial charge in [0, 0.05) is 32.9 Å². The molecular formula is C14H22IN5O4S. The third-order valence-corrected chi connectivity index (χ3v) is 7.57. The number of fused-ring (bicyclic) bond motifs is 1. The van der Waals surface area contributed by atoms with E-state index in [-0.39, 0.29) is 23.5 Å². The number of anilines is 1. The van der Waals surface area contributed by atoms with Gasteiger partial charge in [-0.1, -0.05) is 13.8 Å². The maximum atomic E-state index is 12.4. The van der Waals surface area contributed by atoms with Crippen LogP contribution in [0, 0.1) is 11.3 Å². The molecule has 5 atom stereocenters. The zero-order valence-corrected chi connectivity index (χ0v) is 17.1. The molecule has 1 aliphatic rings. The first-order valence-electron chi connectivity index (χ1n) is 7.77. The van der Waals surface area contributed by atoms with E-state index >= 15 is 0 Å². The highest BCUT2D eigenvalue weighted by Crippen LogP contribution is 2.49. The monoisotopic (exact) mass is 483 g/mol. The predicted molar refractivity (Wildman–Crippen MR) is 103 cm³/mol. The summed E-state index contributed by atoms with van der Waals surface area (Å²) in [6.07, 6.45) is 0.801. The molecule has 0 aliphatic heterocycles. The summed E-state index contributed by atoms with van der Waals surface area (Å²) in [5.41, 5.74) is 5.77. The average Bonchev–Trinajstić information content (AvgIpc) is 3.02. The molecule has 25 heavy (non-hydrogen) atoms. The molecular weight excluding hydrogens is 461 g/mol. The van der Waals surface area contributed by atoms with Gasteiger partial charge >= 0.3 is 0 Å². The van der Waals surface area contributed by atoms with Crippen LogP contribution in [0.5, 0.6) is 0 Å². The lowest BCUT2D eigenvalue weighted by atomic mass is 9.79. The summed E-state index contributed by atoms with van der Waals surface area (Å²) in [6.45, 7) is 3.31. The van der Waals surface area contributed by atoms with Gasteiger partial charge in [-0.3, -0.25) is 4.21 Å². The van der Waals surface area contributed by atoms with Gasteiger partial charge in [-0.15, -0.1) is 0 Å². The number of hydrogen-bond acceptors (Lipinski definition) is 8. The van der Waals surface area contributed by atoms with Gasteiger partial charge in [0.25, 0.3) is 0 Å². The van der Waals surface area contributed by atoms with Crippen molar-refractivity contribution in [3.8, 4) is 0 Å². The highest BCUT2D eigenvalue weighted by molar-refractivity contribution is 14.2. The molecule has 11 heteroatoms. The van der Waals surface area contributed by atoms with Crippen molar-refractivity contribution in [1.29, 1.82) is 0 Å². The zero-order valence-electron chi connectivity index (χ0n) is 14.0. The van der Waals surface area contributed by atoms with E-state index in [9.17, 15) is 19.5 Å². The van der Waals surface area contributed by atoms with Crippen molar-refractivity contribution < 1.29 is 19.5 Å². The molecule has 0 saturated heterocycles. The largest absolute Gasteiger partial charge is 0.396 e. The van der Waals surface area contributed by atoms with Crippen LogP contribution in [-0.2, 0) is 7.10 Å². The maximum absolute atomic E-state index is 12.4. The Morgan fingerprint density at radius 1 is 1.44 bits per heavy atom. The number of aromatic nitrogens is 4. The first kappa shape index (κ1) is 18.9. The molecule has 140 valence electrons. The molecule has 1 saturated carbocycles. The number of aliphatic hydroxyl groups excluding tert-OH is 3. The highest BCUT2D eigenvalue weighted by atomic mass is 127. The summed E-state index contributed by atoms with van der Waals surface area (Å²) in [5, 5.41) is 30.9. The fraction of sp³-hybridized carbons (Fsp3) is 0.643. The fourth-order valence-corrected chi connectivity index (χ4v) is 4.71. The van der Waals surface area contributed by atoms with Crippen molar-refractivity contribution >= 4 is 45.3 Å². The molecule has 9 nitrogen and oxygen atoms in total. The minimum Gasteiger partial charge on any atom is -0.396 e. The van der Waals surface area contributed by atoms with E-state index < -0.39 is 30.8 Å². The average molecular weight is 483 g/mol. The van der Waals surface area contributed by atoms with Crippen LogP contribution in [0.15, 0.2) is 11.5 Å². The Kier molecular flexibility index (Phi) is 4.59. The SMILES string of the molecule is C[C@@H]1[C@@H](n2cnc3c(N)nc([SH](C)(=O)I)nc32)[C@@H](O)C(O)[C@@]1(C)CO. The Labute approximate surface area is 157 Å². The minimum atomic E-state index is -2.78. The second-order valence-corrected chi connectivity index (χ2v) is 14.5. The van der Waals surface area contributed by atoms with Gasteiger partial charge in [0.2, 0.25) is 5.16 Å². The molecule has 0 amide bonds. The Hall–Kier alpha value is -0.890. The number of hydrogen-bond donors (Lipinski definition) is 5. The van der Waals surface area contributed by atoms with Crippen molar-refractivity contribution in [3.63, 3.8) is 0 Å². The number of nitrogens with zero attached hydrogens (tertiary/aromatic N) is 4. The van der Waals surface area contributed by atoms with Crippen LogP contribution < -0.4 is 5.73 Å². The van der Waals surface area contributed by atoms with Crippen LogP contribution in [0.3, 0.4) is 0 Å². The molecule has 2 aromatic heterocycles. The summed E-state index contributed by atoms with van der Waals surface area (Å²) in [4.78, 5) is 12.7. The van der Waals surface area contributed by atoms with Crippen molar-refractivity contribution in [1.82, 2.24) is 19.5 Å². The van der Waals surface area contributed by atoms with Crippen LogP contribution in [-0.4, -0.2) is 64.1 Å². The van der Waals surface area contributed by atoms with Gasteiger partial charge in [0.1, 0.15) is 11.6 Å². The summed E-state index contributed by atoms with van der Waals surface area (Å²) >= 11 is 1.80. The van der Waals surface area contributed by atoms with Gasteiger partial charge in [-0.2, -0.15) is 0 Å². The van der Waals surface area contributed by atoms with E-state index in [4.69, 9.17) is 5.73 Å². The second kappa shape index (κ2) is 6.08. The van der Waals surface area contributed by atoms with E-state index in [2.05, 4.69) is 15.0 Å². The van der Waals surface area contributed by atoms with E-state index in [0.717, 1.165) is 0 Å². The lowest BCUT2D eigenvalue weighted by Gasteiger charge is -2.31. The van der Waals surface area contributed by atoms with Crippen LogP contribution in [0.1, 0.15) is 19.9 Å². The summed E-state index contributed by atoms with van der Waals surface area (Å²) in [6, 6.07) is -0.565. The molecule has 5 N–H and O–H groups in total. The van der Waals surface area contributed by atoms with Crippen LogP contribution in [0.2, 0.25) is 0 Å². The Morgan fingerprint density at radius 2 is 2.08 bits per heavy atom. The normalized spacial score (nSPS) is 33.9. The quantitative estimate of drug-likeness (QED) is 0.173. The van der Waals surface area contributed by atoms with E-state index in [1.807, 2.05) is 6.92 Å². The molecule has 0 spiro atoms. The molecule has 2 aromatic rings. The van der Waals surface area contributed by atoms with Crippen LogP contribution in [0.4, 0.5) is 5.82 Å². The maximum Gasteiger partial charge on any atom is 0.206 e. The number of nitrogen functional groups attached to an aromatic ring is 1. The Bertz CT molecular complexity index is 870. The van der Waals surface area contributed by atoms with E-state index in [0.29, 0.717) is 11.2 Å². The third kappa shape index (κ3) is 2.76. The van der Waals surface area contributed by atoms with Gasteiger partial charge < -0.3 is 25.6 Å². The number of imidazole rings is 1. The van der Waals surface area contributed by atoms with Gasteiger partial charge in [-0.05, 0) is 13.0 Å². The first-order valence-corrected chi connectivity index (χ1v) is 12.7.